The Balaban J connectivity index is 1.65. The Morgan fingerprint density at radius 3 is 2.63 bits per heavy atom. The standard InChI is InChI=1S/C24H29F4N3O4/c1-31(16-7-9-34-10-8-16)13-18-21(23(33)29-15-3-2-4-17(32)12-15)30-35-22(18)14-5-6-19(20(25)11-14)24(26,27)28/h5-6,11,15-17,32H,2-4,7-10,12-13H2,1H3,(H,29,33)/t15-,17+/m0/s1. The van der Waals surface area contributed by atoms with Crippen LogP contribution in [-0.2, 0) is 17.5 Å². The minimum absolute atomic E-state index is 0.000668. The molecule has 1 aliphatic heterocycles. The second kappa shape index (κ2) is 10.6. The van der Waals surface area contributed by atoms with Gasteiger partial charge in [0.15, 0.2) is 11.5 Å². The highest BCUT2D eigenvalue weighted by atomic mass is 19.4. The Bertz CT molecular complexity index is 1040. The van der Waals surface area contributed by atoms with Crippen molar-refractivity contribution in [3.8, 4) is 11.3 Å². The van der Waals surface area contributed by atoms with Crippen LogP contribution in [0.15, 0.2) is 22.7 Å². The van der Waals surface area contributed by atoms with E-state index in [1.807, 2.05) is 11.9 Å². The average Bonchev–Trinajstić information content (AvgIpc) is 3.22. The van der Waals surface area contributed by atoms with Crippen molar-refractivity contribution in [1.29, 1.82) is 0 Å². The summed E-state index contributed by atoms with van der Waals surface area (Å²) < 4.78 is 64.3. The maximum Gasteiger partial charge on any atom is 0.419 e. The fourth-order valence-electron chi connectivity index (χ4n) is 4.80. The van der Waals surface area contributed by atoms with E-state index in [2.05, 4.69) is 10.5 Å². The van der Waals surface area contributed by atoms with Gasteiger partial charge in [-0.15, -0.1) is 0 Å². The lowest BCUT2D eigenvalue weighted by Crippen LogP contribution is -2.40. The maximum absolute atomic E-state index is 14.3. The zero-order valence-electron chi connectivity index (χ0n) is 19.4. The topological polar surface area (TPSA) is 87.8 Å². The first kappa shape index (κ1) is 25.6. The number of amides is 1. The van der Waals surface area contributed by atoms with Gasteiger partial charge in [0, 0.05) is 43.0 Å². The number of aliphatic hydroxyl groups is 1. The predicted octanol–water partition coefficient (Wildman–Crippen LogP) is 4.14. The van der Waals surface area contributed by atoms with E-state index < -0.39 is 29.6 Å². The van der Waals surface area contributed by atoms with Crippen molar-refractivity contribution in [2.24, 2.45) is 0 Å². The van der Waals surface area contributed by atoms with Gasteiger partial charge >= 0.3 is 6.18 Å². The molecule has 1 aromatic carbocycles. The quantitative estimate of drug-likeness (QED) is 0.581. The number of carbonyl (C=O) groups is 1. The number of benzene rings is 1. The maximum atomic E-state index is 14.3. The second-order valence-electron chi connectivity index (χ2n) is 9.28. The molecule has 0 unspecified atom stereocenters. The number of ether oxygens (including phenoxy) is 1. The van der Waals surface area contributed by atoms with Crippen LogP contribution >= 0.6 is 0 Å². The number of hydrogen-bond acceptors (Lipinski definition) is 6. The van der Waals surface area contributed by atoms with Crippen molar-refractivity contribution in [2.45, 2.75) is 69.4 Å². The molecular formula is C24H29F4N3O4. The Morgan fingerprint density at radius 2 is 1.97 bits per heavy atom. The minimum Gasteiger partial charge on any atom is -0.393 e. The number of aliphatic hydroxyl groups excluding tert-OH is 1. The summed E-state index contributed by atoms with van der Waals surface area (Å²) in [5.41, 5.74) is -0.952. The summed E-state index contributed by atoms with van der Waals surface area (Å²) >= 11 is 0. The van der Waals surface area contributed by atoms with Crippen molar-refractivity contribution in [3.05, 3.63) is 40.8 Å². The number of nitrogens with zero attached hydrogens (tertiary/aromatic N) is 2. The van der Waals surface area contributed by atoms with E-state index in [9.17, 15) is 27.5 Å². The van der Waals surface area contributed by atoms with Gasteiger partial charge in [-0.25, -0.2) is 4.39 Å². The third-order valence-corrected chi connectivity index (χ3v) is 6.74. The Morgan fingerprint density at radius 1 is 1.23 bits per heavy atom. The van der Waals surface area contributed by atoms with Crippen LogP contribution in [0.2, 0.25) is 0 Å². The highest BCUT2D eigenvalue weighted by Crippen LogP contribution is 2.35. The Kier molecular flexibility index (Phi) is 7.77. The van der Waals surface area contributed by atoms with Crippen LogP contribution in [0.25, 0.3) is 11.3 Å². The van der Waals surface area contributed by atoms with Crippen LogP contribution in [0, 0.1) is 5.82 Å². The van der Waals surface area contributed by atoms with Gasteiger partial charge in [0.1, 0.15) is 5.82 Å². The number of rotatable bonds is 6. The number of alkyl halides is 3. The highest BCUT2D eigenvalue weighted by molar-refractivity contribution is 5.95. The van der Waals surface area contributed by atoms with Crippen LogP contribution in [0.3, 0.4) is 0 Å². The molecular weight excluding hydrogens is 470 g/mol. The molecule has 2 aromatic rings. The number of nitrogens with one attached hydrogen (secondary N) is 1. The molecule has 0 radical (unpaired) electrons. The van der Waals surface area contributed by atoms with Crippen LogP contribution < -0.4 is 5.32 Å². The molecule has 1 saturated carbocycles. The zero-order chi connectivity index (χ0) is 25.2. The summed E-state index contributed by atoms with van der Waals surface area (Å²) in [5, 5.41) is 16.7. The summed E-state index contributed by atoms with van der Waals surface area (Å²) in [6, 6.07) is 2.46. The molecule has 4 rings (SSSR count). The fraction of sp³-hybridized carbons (Fsp3) is 0.583. The fourth-order valence-corrected chi connectivity index (χ4v) is 4.80. The van der Waals surface area contributed by atoms with E-state index in [-0.39, 0.29) is 35.6 Å². The van der Waals surface area contributed by atoms with Crippen LogP contribution in [0.1, 0.15) is 60.1 Å². The van der Waals surface area contributed by atoms with Gasteiger partial charge in [0.2, 0.25) is 0 Å². The SMILES string of the molecule is CN(Cc1c(C(=O)N[C@H]2CCC[C@@H](O)C2)noc1-c1ccc(C(F)(F)F)c(F)c1)C1CCOCC1. The first-order chi connectivity index (χ1) is 16.6. The largest absolute Gasteiger partial charge is 0.419 e. The number of hydrogen-bond donors (Lipinski definition) is 2. The van der Waals surface area contributed by atoms with E-state index in [1.54, 1.807) is 0 Å². The zero-order valence-corrected chi connectivity index (χ0v) is 19.4. The molecule has 0 spiro atoms. The molecule has 35 heavy (non-hydrogen) atoms. The van der Waals surface area contributed by atoms with Gasteiger partial charge in [-0.1, -0.05) is 11.2 Å². The van der Waals surface area contributed by atoms with Crippen molar-refractivity contribution in [2.75, 3.05) is 20.3 Å². The molecule has 192 valence electrons. The molecule has 1 amide bonds. The van der Waals surface area contributed by atoms with Crippen LogP contribution in [0.4, 0.5) is 17.6 Å². The lowest BCUT2D eigenvalue weighted by atomic mass is 9.93. The third-order valence-electron chi connectivity index (χ3n) is 6.74. The molecule has 2 N–H and O–H groups in total. The average molecular weight is 500 g/mol. The van der Waals surface area contributed by atoms with Crippen molar-refractivity contribution in [1.82, 2.24) is 15.4 Å². The molecule has 11 heteroatoms. The third kappa shape index (κ3) is 6.02. The molecule has 2 fully saturated rings. The summed E-state index contributed by atoms with van der Waals surface area (Å²) in [7, 11) is 1.87. The van der Waals surface area contributed by atoms with E-state index in [4.69, 9.17) is 9.26 Å². The second-order valence-corrected chi connectivity index (χ2v) is 9.28. The molecule has 7 nitrogen and oxygen atoms in total. The Labute approximate surface area is 200 Å². The summed E-state index contributed by atoms with van der Waals surface area (Å²) in [5.74, 6) is -1.88. The van der Waals surface area contributed by atoms with E-state index in [0.717, 1.165) is 37.8 Å². The van der Waals surface area contributed by atoms with Crippen molar-refractivity contribution >= 4 is 5.91 Å². The van der Waals surface area contributed by atoms with Gasteiger partial charge in [0.05, 0.1) is 11.7 Å². The number of aromatic nitrogens is 1. The van der Waals surface area contributed by atoms with Crippen LogP contribution in [0.5, 0.6) is 0 Å². The lowest BCUT2D eigenvalue weighted by Gasteiger charge is -2.31. The van der Waals surface area contributed by atoms with Gasteiger partial charge in [-0.05, 0) is 57.7 Å². The van der Waals surface area contributed by atoms with Gasteiger partial charge in [-0.3, -0.25) is 9.69 Å². The molecule has 2 heterocycles. The minimum atomic E-state index is -4.83. The first-order valence-electron chi connectivity index (χ1n) is 11.8. The molecule has 2 aliphatic rings. The smallest absolute Gasteiger partial charge is 0.393 e. The molecule has 0 bridgehead atoms. The first-order valence-corrected chi connectivity index (χ1v) is 11.8. The van der Waals surface area contributed by atoms with Crippen molar-refractivity contribution < 1.29 is 36.7 Å². The Hall–Kier alpha value is -2.50. The lowest BCUT2D eigenvalue weighted by molar-refractivity contribution is -0.139. The summed E-state index contributed by atoms with van der Waals surface area (Å²) in [6.45, 7) is 1.43. The van der Waals surface area contributed by atoms with E-state index in [0.29, 0.717) is 37.7 Å². The normalized spacial score (nSPS) is 21.9. The molecule has 1 aromatic heterocycles. The summed E-state index contributed by atoms with van der Waals surface area (Å²) in [6.07, 6.45) is -1.14. The monoisotopic (exact) mass is 499 g/mol. The number of carbonyl (C=O) groups excluding carboxylic acids is 1. The van der Waals surface area contributed by atoms with Gasteiger partial charge in [0.25, 0.3) is 5.91 Å². The highest BCUT2D eigenvalue weighted by Gasteiger charge is 2.35. The summed E-state index contributed by atoms with van der Waals surface area (Å²) in [4.78, 5) is 15.1. The van der Waals surface area contributed by atoms with E-state index in [1.165, 1.54) is 0 Å². The van der Waals surface area contributed by atoms with Gasteiger partial charge < -0.3 is 19.7 Å². The molecule has 2 atom stereocenters. The number of halogens is 4. The van der Waals surface area contributed by atoms with E-state index >= 15 is 0 Å². The van der Waals surface area contributed by atoms with Crippen LogP contribution in [-0.4, -0.2) is 59.5 Å². The van der Waals surface area contributed by atoms with Crippen molar-refractivity contribution in [3.63, 3.8) is 0 Å². The molecule has 1 saturated heterocycles. The van der Waals surface area contributed by atoms with Gasteiger partial charge in [-0.2, -0.15) is 13.2 Å². The molecule has 1 aliphatic carbocycles. The predicted molar refractivity (Wildman–Crippen MR) is 118 cm³/mol.